The first kappa shape index (κ1) is 19.9. The molecule has 0 aliphatic carbocycles. The Bertz CT molecular complexity index is 1010. The lowest BCUT2D eigenvalue weighted by Crippen LogP contribution is -2.32. The maximum atomic E-state index is 6.33. The maximum Gasteiger partial charge on any atom is 0.170 e. The second-order valence-corrected chi connectivity index (χ2v) is 7.80. The molecule has 1 aromatic carbocycles. The summed E-state index contributed by atoms with van der Waals surface area (Å²) in [7, 11) is 1.69. The van der Waals surface area contributed by atoms with E-state index in [1.165, 1.54) is 0 Å². The van der Waals surface area contributed by atoms with E-state index in [2.05, 4.69) is 15.2 Å². The fourth-order valence-corrected chi connectivity index (χ4v) is 4.17. The summed E-state index contributed by atoms with van der Waals surface area (Å²) in [4.78, 5) is 6.64. The van der Waals surface area contributed by atoms with Crippen LogP contribution in [0.5, 0.6) is 0 Å². The largest absolute Gasteiger partial charge is 0.459 e. The molecule has 150 valence electrons. The minimum Gasteiger partial charge on any atom is -0.459 e. The molecule has 29 heavy (non-hydrogen) atoms. The lowest BCUT2D eigenvalue weighted by Gasteiger charge is -2.25. The molecule has 4 rings (SSSR count). The fourth-order valence-electron chi connectivity index (χ4n) is 3.66. The van der Waals surface area contributed by atoms with E-state index in [1.54, 1.807) is 13.3 Å². The molecule has 1 aliphatic heterocycles. The van der Waals surface area contributed by atoms with Crippen LogP contribution in [0.2, 0.25) is 5.02 Å². The van der Waals surface area contributed by atoms with Gasteiger partial charge in [0.05, 0.1) is 18.3 Å². The van der Waals surface area contributed by atoms with E-state index in [0.717, 1.165) is 28.3 Å². The summed E-state index contributed by atoms with van der Waals surface area (Å²) in [5, 5.41) is 4.75. The zero-order chi connectivity index (χ0) is 20.4. The normalized spacial score (nSPS) is 18.9. The Morgan fingerprint density at radius 3 is 2.86 bits per heavy atom. The quantitative estimate of drug-likeness (QED) is 0.563. The van der Waals surface area contributed by atoms with Gasteiger partial charge in [-0.2, -0.15) is 0 Å². The maximum absolute atomic E-state index is 6.33. The van der Waals surface area contributed by atoms with Gasteiger partial charge < -0.3 is 19.4 Å². The molecule has 0 radical (unpaired) electrons. The number of ether oxygens (including phenoxy) is 1. The number of methoxy groups -OCH3 is 1. The van der Waals surface area contributed by atoms with Gasteiger partial charge >= 0.3 is 0 Å². The number of benzene rings is 1. The van der Waals surface area contributed by atoms with Gasteiger partial charge in [-0.1, -0.05) is 23.7 Å². The van der Waals surface area contributed by atoms with E-state index in [1.807, 2.05) is 55.5 Å². The highest BCUT2D eigenvalue weighted by atomic mass is 35.5. The first-order valence-electron chi connectivity index (χ1n) is 9.41. The number of pyridine rings is 1. The van der Waals surface area contributed by atoms with Gasteiger partial charge in [0.25, 0.3) is 0 Å². The molecule has 7 heteroatoms. The van der Waals surface area contributed by atoms with Crippen molar-refractivity contribution in [1.29, 1.82) is 0 Å². The van der Waals surface area contributed by atoms with Crippen LogP contribution in [0.4, 0.5) is 0 Å². The monoisotopic (exact) mass is 427 g/mol. The molecule has 2 atom stereocenters. The zero-order valence-corrected chi connectivity index (χ0v) is 17.8. The van der Waals surface area contributed by atoms with Crippen molar-refractivity contribution in [2.24, 2.45) is 0 Å². The molecule has 1 N–H and O–H groups in total. The van der Waals surface area contributed by atoms with Crippen molar-refractivity contribution in [3.63, 3.8) is 0 Å². The predicted molar refractivity (Wildman–Crippen MR) is 118 cm³/mol. The summed E-state index contributed by atoms with van der Waals surface area (Å²) >= 11 is 11.8. The first-order valence-corrected chi connectivity index (χ1v) is 10.2. The average Bonchev–Trinajstić information content (AvgIpc) is 3.33. The standard InChI is InChI=1S/C22H22ClN3O2S/c1-14-6-7-15(23)13-16(14)18-8-9-19(28-18)21-20(17-5-3-4-10-24-17)25-22(29)26(21)11-12-27-2/h3-10,13,20-21H,11-12H2,1-2H3,(H,25,29)/t20-,21+/m1/s1. The summed E-state index contributed by atoms with van der Waals surface area (Å²) in [5.74, 6) is 1.60. The molecule has 2 aromatic heterocycles. The number of nitrogens with one attached hydrogen (secondary N) is 1. The van der Waals surface area contributed by atoms with Crippen molar-refractivity contribution in [3.05, 3.63) is 76.8 Å². The molecular weight excluding hydrogens is 406 g/mol. The number of aryl methyl sites for hydroxylation is 1. The molecule has 0 saturated carbocycles. The smallest absolute Gasteiger partial charge is 0.170 e. The van der Waals surface area contributed by atoms with Crippen molar-refractivity contribution >= 4 is 28.9 Å². The number of thiocarbonyl (C=S) groups is 1. The van der Waals surface area contributed by atoms with Crippen LogP contribution in [0.1, 0.15) is 29.1 Å². The van der Waals surface area contributed by atoms with E-state index >= 15 is 0 Å². The van der Waals surface area contributed by atoms with Crippen molar-refractivity contribution < 1.29 is 9.15 Å². The number of nitrogens with zero attached hydrogens (tertiary/aromatic N) is 2. The second kappa shape index (κ2) is 8.53. The molecule has 0 spiro atoms. The van der Waals surface area contributed by atoms with Crippen LogP contribution in [0.25, 0.3) is 11.3 Å². The molecule has 0 amide bonds. The molecule has 3 heterocycles. The third-order valence-corrected chi connectivity index (χ3v) is 5.70. The number of aromatic nitrogens is 1. The van der Waals surface area contributed by atoms with Crippen molar-refractivity contribution in [1.82, 2.24) is 15.2 Å². The zero-order valence-electron chi connectivity index (χ0n) is 16.3. The third kappa shape index (κ3) is 4.01. The summed E-state index contributed by atoms with van der Waals surface area (Å²) in [5.41, 5.74) is 3.00. The van der Waals surface area contributed by atoms with Gasteiger partial charge in [-0.25, -0.2) is 0 Å². The summed E-state index contributed by atoms with van der Waals surface area (Å²) < 4.78 is 11.6. The number of hydrogen-bond donors (Lipinski definition) is 1. The third-order valence-electron chi connectivity index (χ3n) is 5.12. The molecule has 0 bridgehead atoms. The van der Waals surface area contributed by atoms with Gasteiger partial charge in [0, 0.05) is 30.4 Å². The first-order chi connectivity index (χ1) is 14.1. The Kier molecular flexibility index (Phi) is 5.85. The van der Waals surface area contributed by atoms with Gasteiger partial charge in [-0.15, -0.1) is 0 Å². The number of halogens is 1. The van der Waals surface area contributed by atoms with Gasteiger partial charge in [0.15, 0.2) is 5.11 Å². The van der Waals surface area contributed by atoms with Crippen LogP contribution < -0.4 is 5.32 Å². The Morgan fingerprint density at radius 1 is 1.24 bits per heavy atom. The molecule has 5 nitrogen and oxygen atoms in total. The Hall–Kier alpha value is -2.41. The fraction of sp³-hybridized carbons (Fsp3) is 0.273. The molecule has 3 aromatic rings. The van der Waals surface area contributed by atoms with Crippen LogP contribution in [-0.2, 0) is 4.74 Å². The highest BCUT2D eigenvalue weighted by Crippen LogP contribution is 2.40. The minimum atomic E-state index is -0.124. The number of hydrogen-bond acceptors (Lipinski definition) is 4. The van der Waals surface area contributed by atoms with Crippen LogP contribution in [-0.4, -0.2) is 35.3 Å². The molecular formula is C22H22ClN3O2S. The number of rotatable bonds is 6. The molecule has 1 saturated heterocycles. The number of furan rings is 1. The average molecular weight is 428 g/mol. The summed E-state index contributed by atoms with van der Waals surface area (Å²) in [6.45, 7) is 3.26. The Labute approximate surface area is 180 Å². The van der Waals surface area contributed by atoms with E-state index in [0.29, 0.717) is 23.3 Å². The van der Waals surface area contributed by atoms with Gasteiger partial charge in [0.1, 0.15) is 17.6 Å². The lowest BCUT2D eigenvalue weighted by atomic mass is 10.0. The van der Waals surface area contributed by atoms with Crippen LogP contribution in [0, 0.1) is 6.92 Å². The molecule has 0 unspecified atom stereocenters. The topological polar surface area (TPSA) is 50.5 Å². The predicted octanol–water partition coefficient (Wildman–Crippen LogP) is 4.92. The highest BCUT2D eigenvalue weighted by Gasteiger charge is 2.41. The highest BCUT2D eigenvalue weighted by molar-refractivity contribution is 7.80. The lowest BCUT2D eigenvalue weighted by molar-refractivity contribution is 0.158. The van der Waals surface area contributed by atoms with Gasteiger partial charge in [0.2, 0.25) is 0 Å². The van der Waals surface area contributed by atoms with Crippen molar-refractivity contribution in [3.8, 4) is 11.3 Å². The molecule has 1 fully saturated rings. The Morgan fingerprint density at radius 2 is 2.10 bits per heavy atom. The van der Waals surface area contributed by atoms with E-state index in [-0.39, 0.29) is 12.1 Å². The second-order valence-electron chi connectivity index (χ2n) is 6.97. The molecule has 1 aliphatic rings. The van der Waals surface area contributed by atoms with Gasteiger partial charge in [-0.3, -0.25) is 4.98 Å². The van der Waals surface area contributed by atoms with E-state index in [4.69, 9.17) is 33.0 Å². The van der Waals surface area contributed by atoms with Crippen molar-refractivity contribution in [2.75, 3.05) is 20.3 Å². The van der Waals surface area contributed by atoms with Crippen LogP contribution >= 0.6 is 23.8 Å². The van der Waals surface area contributed by atoms with E-state index < -0.39 is 0 Å². The Balaban J connectivity index is 1.73. The van der Waals surface area contributed by atoms with E-state index in [9.17, 15) is 0 Å². The van der Waals surface area contributed by atoms with Crippen molar-refractivity contribution in [2.45, 2.75) is 19.0 Å². The van der Waals surface area contributed by atoms with Gasteiger partial charge in [-0.05, 0) is 61.1 Å². The minimum absolute atomic E-state index is 0.111. The SMILES string of the molecule is COCCN1C(=S)N[C@H](c2ccccn2)[C@@H]1c1ccc(-c2cc(Cl)ccc2C)o1. The van der Waals surface area contributed by atoms with Crippen LogP contribution in [0.15, 0.2) is 59.1 Å². The summed E-state index contributed by atoms with van der Waals surface area (Å²) in [6, 6.07) is 15.4. The van der Waals surface area contributed by atoms with Crippen LogP contribution in [0.3, 0.4) is 0 Å². The summed E-state index contributed by atoms with van der Waals surface area (Å²) in [6.07, 6.45) is 1.79.